The highest BCUT2D eigenvalue weighted by Gasteiger charge is 2.38. The number of carbonyl (C=O) groups is 1. The highest BCUT2D eigenvalue weighted by atomic mass is 16.3. The van der Waals surface area contributed by atoms with Gasteiger partial charge in [-0.1, -0.05) is 26.8 Å². The average Bonchev–Trinajstić information content (AvgIpc) is 3.29. The lowest BCUT2D eigenvalue weighted by molar-refractivity contribution is -0.141. The van der Waals surface area contributed by atoms with E-state index in [-0.39, 0.29) is 11.9 Å². The smallest absolute Gasteiger partial charge is 0.248 e. The van der Waals surface area contributed by atoms with Crippen molar-refractivity contribution in [2.75, 3.05) is 0 Å². The summed E-state index contributed by atoms with van der Waals surface area (Å²) in [5, 5.41) is 6.20. The Morgan fingerprint density at radius 3 is 2.62 bits per heavy atom. The quantitative estimate of drug-likeness (QED) is 0.703. The zero-order chi connectivity index (χ0) is 18.3. The van der Waals surface area contributed by atoms with Gasteiger partial charge in [-0.15, -0.1) is 0 Å². The molecule has 0 saturated heterocycles. The van der Waals surface area contributed by atoms with Gasteiger partial charge < -0.3 is 4.42 Å². The molecule has 0 saturated carbocycles. The Kier molecular flexibility index (Phi) is 3.83. The maximum Gasteiger partial charge on any atom is 0.248 e. The molecule has 3 heterocycles. The number of hydrogen-bond donors (Lipinski definition) is 0. The molecule has 6 heteroatoms. The van der Waals surface area contributed by atoms with E-state index < -0.39 is 5.41 Å². The fourth-order valence-electron chi connectivity index (χ4n) is 3.08. The van der Waals surface area contributed by atoms with Gasteiger partial charge in [0.2, 0.25) is 5.91 Å². The van der Waals surface area contributed by atoms with Gasteiger partial charge >= 0.3 is 0 Å². The van der Waals surface area contributed by atoms with E-state index in [2.05, 4.69) is 15.1 Å². The lowest BCUT2D eigenvalue weighted by Crippen LogP contribution is -2.36. The van der Waals surface area contributed by atoms with Crippen LogP contribution in [-0.4, -0.2) is 26.6 Å². The first-order valence-electron chi connectivity index (χ1n) is 8.59. The van der Waals surface area contributed by atoms with Gasteiger partial charge in [-0.25, -0.2) is 5.01 Å². The molecule has 0 N–H and O–H groups in total. The van der Waals surface area contributed by atoms with Crippen LogP contribution in [0.2, 0.25) is 0 Å². The van der Waals surface area contributed by atoms with Crippen molar-refractivity contribution in [3.05, 3.63) is 60.3 Å². The topological polar surface area (TPSA) is 71.6 Å². The van der Waals surface area contributed by atoms with Crippen LogP contribution in [-0.2, 0) is 4.79 Å². The first-order valence-corrected chi connectivity index (χ1v) is 8.59. The zero-order valence-electron chi connectivity index (χ0n) is 15.0. The number of nitrogens with zero attached hydrogens (tertiary/aromatic N) is 4. The van der Waals surface area contributed by atoms with Crippen LogP contribution in [0.25, 0.3) is 11.0 Å². The van der Waals surface area contributed by atoms with Gasteiger partial charge in [0.25, 0.3) is 0 Å². The fourth-order valence-corrected chi connectivity index (χ4v) is 3.08. The van der Waals surface area contributed by atoms with Crippen molar-refractivity contribution in [2.24, 2.45) is 10.5 Å². The molecule has 0 bridgehead atoms. The van der Waals surface area contributed by atoms with Crippen LogP contribution in [0.15, 0.2) is 58.5 Å². The number of hydrazone groups is 1. The highest BCUT2D eigenvalue weighted by molar-refractivity contribution is 6.01. The lowest BCUT2D eigenvalue weighted by Gasteiger charge is -2.28. The molecular weight excluding hydrogens is 328 g/mol. The zero-order valence-corrected chi connectivity index (χ0v) is 15.0. The predicted octanol–water partition coefficient (Wildman–Crippen LogP) is 3.95. The molecule has 0 radical (unpaired) electrons. The van der Waals surface area contributed by atoms with Crippen LogP contribution >= 0.6 is 0 Å². The molecule has 1 aliphatic heterocycles. The number of carbonyl (C=O) groups excluding carboxylic acids is 1. The molecule has 1 atom stereocenters. The SMILES string of the molecule is CC(C)(C)C(=O)N1N=C(c2ccco2)C[C@H]1c1ccc2nccnc2c1. The van der Waals surface area contributed by atoms with E-state index in [1.165, 1.54) is 0 Å². The Bertz CT molecular complexity index is 986. The first kappa shape index (κ1) is 16.4. The molecule has 4 rings (SSSR count). The van der Waals surface area contributed by atoms with Gasteiger partial charge in [0, 0.05) is 24.2 Å². The van der Waals surface area contributed by atoms with Gasteiger partial charge in [-0.3, -0.25) is 14.8 Å². The van der Waals surface area contributed by atoms with Crippen LogP contribution in [0.4, 0.5) is 0 Å². The van der Waals surface area contributed by atoms with E-state index in [9.17, 15) is 4.79 Å². The van der Waals surface area contributed by atoms with Crippen molar-refractivity contribution in [2.45, 2.75) is 33.2 Å². The number of amides is 1. The van der Waals surface area contributed by atoms with Crippen LogP contribution in [0.1, 0.15) is 44.6 Å². The Balaban J connectivity index is 1.76. The normalized spacial score (nSPS) is 17.6. The Morgan fingerprint density at radius 1 is 1.15 bits per heavy atom. The molecule has 1 aromatic carbocycles. The summed E-state index contributed by atoms with van der Waals surface area (Å²) in [4.78, 5) is 21.7. The number of fused-ring (bicyclic) bond motifs is 1. The maximum absolute atomic E-state index is 13.0. The summed E-state index contributed by atoms with van der Waals surface area (Å²) >= 11 is 0. The van der Waals surface area contributed by atoms with Crippen molar-refractivity contribution >= 4 is 22.7 Å². The van der Waals surface area contributed by atoms with Crippen LogP contribution < -0.4 is 0 Å². The van der Waals surface area contributed by atoms with E-state index in [0.29, 0.717) is 12.2 Å². The summed E-state index contributed by atoms with van der Waals surface area (Å²) < 4.78 is 5.49. The van der Waals surface area contributed by atoms with E-state index in [0.717, 1.165) is 22.3 Å². The molecule has 0 fully saturated rings. The maximum atomic E-state index is 13.0. The fraction of sp³-hybridized carbons (Fsp3) is 0.300. The third-order valence-corrected chi connectivity index (χ3v) is 4.44. The summed E-state index contributed by atoms with van der Waals surface area (Å²) in [6, 6.07) is 9.41. The summed E-state index contributed by atoms with van der Waals surface area (Å²) in [7, 11) is 0. The number of hydrogen-bond acceptors (Lipinski definition) is 5. The third-order valence-electron chi connectivity index (χ3n) is 4.44. The van der Waals surface area contributed by atoms with Crippen LogP contribution in [0.3, 0.4) is 0 Å². The molecular formula is C20H20N4O2. The second-order valence-electron chi connectivity index (χ2n) is 7.45. The minimum absolute atomic E-state index is 0.0247. The molecule has 2 aromatic heterocycles. The Hall–Kier alpha value is -3.02. The Morgan fingerprint density at radius 2 is 1.92 bits per heavy atom. The van der Waals surface area contributed by atoms with Crippen molar-refractivity contribution in [1.29, 1.82) is 0 Å². The summed E-state index contributed by atoms with van der Waals surface area (Å²) in [6.45, 7) is 5.70. The molecule has 1 amide bonds. The minimum atomic E-state index is -0.531. The van der Waals surface area contributed by atoms with Gasteiger partial charge in [0.15, 0.2) is 0 Å². The monoisotopic (exact) mass is 348 g/mol. The highest BCUT2D eigenvalue weighted by Crippen LogP contribution is 2.36. The molecule has 132 valence electrons. The summed E-state index contributed by atoms with van der Waals surface area (Å²) in [5.41, 5.74) is 2.87. The Labute approximate surface area is 151 Å². The second-order valence-corrected chi connectivity index (χ2v) is 7.45. The van der Waals surface area contributed by atoms with E-state index in [1.807, 2.05) is 51.1 Å². The van der Waals surface area contributed by atoms with Crippen LogP contribution in [0, 0.1) is 5.41 Å². The number of rotatable bonds is 2. The van der Waals surface area contributed by atoms with Crippen molar-refractivity contribution in [3.63, 3.8) is 0 Å². The number of benzene rings is 1. The molecule has 6 nitrogen and oxygen atoms in total. The molecule has 0 unspecified atom stereocenters. The van der Waals surface area contributed by atoms with Crippen molar-refractivity contribution in [3.8, 4) is 0 Å². The molecule has 0 aliphatic carbocycles. The second kappa shape index (κ2) is 6.05. The van der Waals surface area contributed by atoms with Gasteiger partial charge in [-0.05, 0) is 29.8 Å². The third kappa shape index (κ3) is 2.87. The van der Waals surface area contributed by atoms with Crippen molar-refractivity contribution < 1.29 is 9.21 Å². The largest absolute Gasteiger partial charge is 0.463 e. The number of aromatic nitrogens is 2. The molecule has 0 spiro atoms. The van der Waals surface area contributed by atoms with E-state index >= 15 is 0 Å². The van der Waals surface area contributed by atoms with Crippen molar-refractivity contribution in [1.82, 2.24) is 15.0 Å². The first-order chi connectivity index (χ1) is 12.4. The van der Waals surface area contributed by atoms with Crippen LogP contribution in [0.5, 0.6) is 0 Å². The van der Waals surface area contributed by atoms with Gasteiger partial charge in [-0.2, -0.15) is 5.10 Å². The summed E-state index contributed by atoms with van der Waals surface area (Å²) in [6.07, 6.45) is 5.56. The predicted molar refractivity (Wildman–Crippen MR) is 98.4 cm³/mol. The van der Waals surface area contributed by atoms with E-state index in [4.69, 9.17) is 4.42 Å². The van der Waals surface area contributed by atoms with Gasteiger partial charge in [0.05, 0.1) is 23.3 Å². The molecule has 26 heavy (non-hydrogen) atoms. The lowest BCUT2D eigenvalue weighted by atomic mass is 9.93. The molecule has 3 aromatic rings. The standard InChI is InChI=1S/C20H20N4O2/c1-20(2,3)19(25)24-17(12-16(23-24)18-5-4-10-26-18)13-6-7-14-15(11-13)22-9-8-21-14/h4-11,17H,12H2,1-3H3/t17-/m0/s1. The molecule has 1 aliphatic rings. The van der Waals surface area contributed by atoms with Gasteiger partial charge in [0.1, 0.15) is 11.5 Å². The minimum Gasteiger partial charge on any atom is -0.463 e. The van der Waals surface area contributed by atoms with E-state index in [1.54, 1.807) is 23.7 Å². The summed E-state index contributed by atoms with van der Waals surface area (Å²) in [5.74, 6) is 0.670. The average molecular weight is 348 g/mol. The number of furan rings is 1.